The smallest absolute Gasteiger partial charge is 0.326 e. The highest BCUT2D eigenvalue weighted by atomic mass is 16.7. The summed E-state index contributed by atoms with van der Waals surface area (Å²) in [4.78, 5) is 45.5. The van der Waals surface area contributed by atoms with Crippen LogP contribution in [-0.2, 0) is 38.1 Å². The van der Waals surface area contributed by atoms with Gasteiger partial charge in [0.15, 0.2) is 0 Å². The molecule has 0 rings (SSSR count). The highest BCUT2D eigenvalue weighted by molar-refractivity contribution is 5.84. The normalized spacial score (nSPS) is 13.5. The molecule has 0 amide bonds. The van der Waals surface area contributed by atoms with E-state index in [9.17, 15) is 19.2 Å². The molecular formula is C13H22N2O8. The van der Waals surface area contributed by atoms with Crippen LogP contribution in [0.3, 0.4) is 0 Å². The first-order valence-electron chi connectivity index (χ1n) is 6.63. The lowest BCUT2D eigenvalue weighted by Crippen LogP contribution is -2.45. The van der Waals surface area contributed by atoms with Crippen molar-refractivity contribution in [2.45, 2.75) is 44.6 Å². The van der Waals surface area contributed by atoms with E-state index in [1.165, 1.54) is 13.8 Å². The third-order valence-electron chi connectivity index (χ3n) is 2.53. The molecule has 0 unspecified atom stereocenters. The molecule has 0 heterocycles. The third kappa shape index (κ3) is 8.12. The summed E-state index contributed by atoms with van der Waals surface area (Å²) in [6, 6.07) is -2.55. The molecule has 132 valence electrons. The zero-order valence-corrected chi connectivity index (χ0v) is 13.5. The average molecular weight is 334 g/mol. The van der Waals surface area contributed by atoms with Crippen LogP contribution in [0.25, 0.3) is 0 Å². The molecule has 0 bridgehead atoms. The first-order valence-corrected chi connectivity index (χ1v) is 6.63. The van der Waals surface area contributed by atoms with Gasteiger partial charge in [-0.2, -0.15) is 0 Å². The van der Waals surface area contributed by atoms with Crippen LogP contribution < -0.4 is 11.5 Å². The fourth-order valence-corrected chi connectivity index (χ4v) is 1.35. The lowest BCUT2D eigenvalue weighted by atomic mass is 10.2. The Bertz CT molecular complexity index is 423. The second-order valence-electron chi connectivity index (χ2n) is 5.02. The maximum atomic E-state index is 11.7. The monoisotopic (exact) mass is 334 g/mol. The van der Waals surface area contributed by atoms with Crippen LogP contribution in [0.5, 0.6) is 0 Å². The number of rotatable bonds is 8. The van der Waals surface area contributed by atoms with Gasteiger partial charge in [0.25, 0.3) is 5.79 Å². The van der Waals surface area contributed by atoms with Gasteiger partial charge in [0.1, 0.15) is 12.1 Å². The van der Waals surface area contributed by atoms with Crippen LogP contribution in [0, 0.1) is 0 Å². The molecule has 2 atom stereocenters. The van der Waals surface area contributed by atoms with Gasteiger partial charge in [0, 0.05) is 13.8 Å². The maximum absolute atomic E-state index is 11.7. The molecule has 4 N–H and O–H groups in total. The molecule has 0 aromatic rings. The van der Waals surface area contributed by atoms with E-state index in [2.05, 4.69) is 9.47 Å². The van der Waals surface area contributed by atoms with Crippen molar-refractivity contribution in [3.8, 4) is 0 Å². The molecule has 0 spiro atoms. The van der Waals surface area contributed by atoms with E-state index >= 15 is 0 Å². The summed E-state index contributed by atoms with van der Waals surface area (Å²) in [5.74, 6) is -4.99. The minimum atomic E-state index is -1.68. The molecule has 0 radical (unpaired) electrons. The van der Waals surface area contributed by atoms with Crippen molar-refractivity contribution in [3.05, 3.63) is 0 Å². The van der Waals surface area contributed by atoms with Crippen LogP contribution in [0.1, 0.15) is 26.7 Å². The first-order chi connectivity index (χ1) is 10.5. The highest BCUT2D eigenvalue weighted by Gasteiger charge is 2.33. The molecule has 0 aromatic heterocycles. The topological polar surface area (TPSA) is 157 Å². The second-order valence-corrected chi connectivity index (χ2v) is 5.02. The van der Waals surface area contributed by atoms with Gasteiger partial charge < -0.3 is 30.4 Å². The highest BCUT2D eigenvalue weighted by Crippen LogP contribution is 2.14. The zero-order valence-electron chi connectivity index (χ0n) is 13.5. The predicted octanol–water partition coefficient (Wildman–Crippen LogP) is -1.41. The molecule has 0 saturated carbocycles. The maximum Gasteiger partial charge on any atom is 0.326 e. The Hall–Kier alpha value is -2.20. The molecule has 0 fully saturated rings. The SMILES string of the molecule is COC(=O)C[C@H](N)C(=O)OC(C)(C)OC(=O)[C@@H](N)CC(=O)OC. The fourth-order valence-electron chi connectivity index (χ4n) is 1.35. The summed E-state index contributed by atoms with van der Waals surface area (Å²) in [5, 5.41) is 0. The van der Waals surface area contributed by atoms with Crippen molar-refractivity contribution in [2.75, 3.05) is 14.2 Å². The quantitative estimate of drug-likeness (QED) is 0.307. The molecule has 10 heteroatoms. The van der Waals surface area contributed by atoms with E-state index in [1.54, 1.807) is 0 Å². The minimum absolute atomic E-state index is 0.388. The number of carbonyl (C=O) groups excluding carboxylic acids is 4. The third-order valence-corrected chi connectivity index (χ3v) is 2.53. The van der Waals surface area contributed by atoms with Gasteiger partial charge in [-0.25, -0.2) is 0 Å². The lowest BCUT2D eigenvalue weighted by molar-refractivity contribution is -0.218. The van der Waals surface area contributed by atoms with E-state index in [4.69, 9.17) is 20.9 Å². The molecule has 23 heavy (non-hydrogen) atoms. The van der Waals surface area contributed by atoms with Crippen molar-refractivity contribution < 1.29 is 38.1 Å². The minimum Gasteiger partial charge on any atom is -0.469 e. The van der Waals surface area contributed by atoms with Gasteiger partial charge in [-0.05, 0) is 0 Å². The molecule has 0 aliphatic carbocycles. The summed E-state index contributed by atoms with van der Waals surface area (Å²) in [6.45, 7) is 2.55. The summed E-state index contributed by atoms with van der Waals surface area (Å²) in [5.41, 5.74) is 10.9. The van der Waals surface area contributed by atoms with Crippen LogP contribution >= 0.6 is 0 Å². The van der Waals surface area contributed by atoms with Crippen LogP contribution in [-0.4, -0.2) is 56.0 Å². The van der Waals surface area contributed by atoms with E-state index in [0.29, 0.717) is 0 Å². The lowest BCUT2D eigenvalue weighted by Gasteiger charge is -2.27. The van der Waals surface area contributed by atoms with Crippen molar-refractivity contribution in [3.63, 3.8) is 0 Å². The first kappa shape index (κ1) is 20.8. The molecule has 0 saturated heterocycles. The van der Waals surface area contributed by atoms with E-state index in [0.717, 1.165) is 14.2 Å². The number of ether oxygens (including phenoxy) is 4. The standard InChI is InChI=1S/C13H22N2O8/c1-13(2,22-11(18)7(14)5-9(16)20-3)23-12(19)8(15)6-10(17)21-4/h7-8H,5-6,14-15H2,1-4H3/t7-,8-/m0/s1. The molecular weight excluding hydrogens is 312 g/mol. The van der Waals surface area contributed by atoms with E-state index in [-0.39, 0.29) is 12.8 Å². The van der Waals surface area contributed by atoms with Gasteiger partial charge in [-0.1, -0.05) is 0 Å². The van der Waals surface area contributed by atoms with E-state index < -0.39 is 41.7 Å². The van der Waals surface area contributed by atoms with Gasteiger partial charge >= 0.3 is 23.9 Å². The number of hydrogen-bond acceptors (Lipinski definition) is 10. The second kappa shape index (κ2) is 9.06. The average Bonchev–Trinajstić information content (AvgIpc) is 2.45. The van der Waals surface area contributed by atoms with Gasteiger partial charge in [0.05, 0.1) is 27.1 Å². The van der Waals surface area contributed by atoms with E-state index in [1.807, 2.05) is 0 Å². The molecule has 10 nitrogen and oxygen atoms in total. The summed E-state index contributed by atoms with van der Waals surface area (Å²) < 4.78 is 18.6. The molecule has 0 aliphatic heterocycles. The van der Waals surface area contributed by atoms with Crippen molar-refractivity contribution >= 4 is 23.9 Å². The number of methoxy groups -OCH3 is 2. The Kier molecular flexibility index (Phi) is 8.19. The Morgan fingerprint density at radius 1 is 0.826 bits per heavy atom. The zero-order chi connectivity index (χ0) is 18.2. The van der Waals surface area contributed by atoms with Crippen molar-refractivity contribution in [2.24, 2.45) is 11.5 Å². The van der Waals surface area contributed by atoms with Gasteiger partial charge in [0.2, 0.25) is 0 Å². The molecule has 0 aromatic carbocycles. The Morgan fingerprint density at radius 3 is 1.39 bits per heavy atom. The Balaban J connectivity index is 4.57. The van der Waals surface area contributed by atoms with Crippen LogP contribution in [0.4, 0.5) is 0 Å². The van der Waals surface area contributed by atoms with Crippen LogP contribution in [0.2, 0.25) is 0 Å². The number of hydrogen-bond donors (Lipinski definition) is 2. The van der Waals surface area contributed by atoms with Crippen molar-refractivity contribution in [1.29, 1.82) is 0 Å². The predicted molar refractivity (Wildman–Crippen MR) is 75.5 cm³/mol. The number of carbonyl (C=O) groups is 4. The fraction of sp³-hybridized carbons (Fsp3) is 0.692. The Morgan fingerprint density at radius 2 is 1.13 bits per heavy atom. The Labute approximate surface area is 133 Å². The van der Waals surface area contributed by atoms with Crippen LogP contribution in [0.15, 0.2) is 0 Å². The van der Waals surface area contributed by atoms with Crippen molar-refractivity contribution in [1.82, 2.24) is 0 Å². The summed E-state index contributed by atoms with van der Waals surface area (Å²) >= 11 is 0. The molecule has 0 aliphatic rings. The van der Waals surface area contributed by atoms with Gasteiger partial charge in [-0.15, -0.1) is 0 Å². The number of esters is 4. The summed E-state index contributed by atoms with van der Waals surface area (Å²) in [7, 11) is 2.30. The van der Waals surface area contributed by atoms with Gasteiger partial charge in [-0.3, -0.25) is 19.2 Å². The number of nitrogens with two attached hydrogens (primary N) is 2. The largest absolute Gasteiger partial charge is 0.469 e. The summed E-state index contributed by atoms with van der Waals surface area (Å²) in [6.07, 6.45) is -0.775.